The van der Waals surface area contributed by atoms with Crippen molar-refractivity contribution in [2.75, 3.05) is 10.2 Å². The summed E-state index contributed by atoms with van der Waals surface area (Å²) < 4.78 is 0. The number of urea groups is 1. The molecule has 4 amide bonds. The molecule has 0 spiro atoms. The van der Waals surface area contributed by atoms with Crippen molar-refractivity contribution in [2.24, 2.45) is 5.92 Å². The molecule has 0 aliphatic carbocycles. The summed E-state index contributed by atoms with van der Waals surface area (Å²) in [5.74, 6) is -3.90. The normalized spacial score (nSPS) is 16.5. The van der Waals surface area contributed by atoms with E-state index in [9.17, 15) is 19.2 Å². The van der Waals surface area contributed by atoms with Crippen molar-refractivity contribution < 1.29 is 24.3 Å². The molecule has 0 unspecified atom stereocenters. The van der Waals surface area contributed by atoms with E-state index in [2.05, 4.69) is 17.2 Å². The number of aryl methyl sites for hydroxylation is 1. The van der Waals surface area contributed by atoms with Crippen LogP contribution in [0.4, 0.5) is 16.2 Å². The van der Waals surface area contributed by atoms with Crippen LogP contribution in [-0.2, 0) is 9.59 Å². The van der Waals surface area contributed by atoms with Crippen LogP contribution >= 0.6 is 0 Å². The summed E-state index contributed by atoms with van der Waals surface area (Å²) in [4.78, 5) is 49.1. The highest BCUT2D eigenvalue weighted by atomic mass is 16.4. The molecule has 2 aromatic carbocycles. The Kier molecular flexibility index (Phi) is 4.95. The van der Waals surface area contributed by atoms with Crippen LogP contribution in [0.2, 0.25) is 0 Å². The Morgan fingerprint density at radius 1 is 1.07 bits per heavy atom. The number of rotatable bonds is 5. The third-order valence-corrected chi connectivity index (χ3v) is 4.24. The van der Waals surface area contributed by atoms with Crippen LogP contribution in [0.25, 0.3) is 0 Å². The Labute approximate surface area is 160 Å². The lowest BCUT2D eigenvalue weighted by atomic mass is 10.00. The second-order valence-corrected chi connectivity index (χ2v) is 6.27. The minimum absolute atomic E-state index is 0.0650. The number of nitrogens with one attached hydrogen (secondary N) is 2. The topological polar surface area (TPSA) is 116 Å². The number of amides is 4. The van der Waals surface area contributed by atoms with E-state index in [1.807, 2.05) is 6.92 Å². The molecule has 0 saturated carbocycles. The summed E-state index contributed by atoms with van der Waals surface area (Å²) in [6.45, 7) is 5.62. The van der Waals surface area contributed by atoms with Crippen molar-refractivity contribution in [1.82, 2.24) is 5.32 Å². The lowest BCUT2D eigenvalue weighted by Crippen LogP contribution is -2.59. The average molecular weight is 379 g/mol. The fourth-order valence-electron chi connectivity index (χ4n) is 2.77. The Hall–Kier alpha value is -3.94. The van der Waals surface area contributed by atoms with Gasteiger partial charge in [0.25, 0.3) is 5.91 Å². The predicted octanol–water partition coefficient (Wildman–Crippen LogP) is 2.52. The van der Waals surface area contributed by atoms with Gasteiger partial charge in [-0.3, -0.25) is 14.9 Å². The third-order valence-electron chi connectivity index (χ3n) is 4.24. The average Bonchev–Trinajstić information content (AvgIpc) is 2.63. The second kappa shape index (κ2) is 7.36. The van der Waals surface area contributed by atoms with Crippen molar-refractivity contribution in [3.8, 4) is 0 Å². The molecule has 1 heterocycles. The van der Waals surface area contributed by atoms with Crippen LogP contribution in [0.3, 0.4) is 0 Å². The smallest absolute Gasteiger partial charge is 0.335 e. The van der Waals surface area contributed by atoms with E-state index >= 15 is 0 Å². The summed E-state index contributed by atoms with van der Waals surface area (Å²) in [7, 11) is 0. The summed E-state index contributed by atoms with van der Waals surface area (Å²) in [6, 6.07) is 11.6. The second-order valence-electron chi connectivity index (χ2n) is 6.27. The van der Waals surface area contributed by atoms with Crippen molar-refractivity contribution >= 4 is 35.2 Å². The molecule has 1 aliphatic heterocycles. The lowest BCUT2D eigenvalue weighted by molar-refractivity contribution is -0.132. The number of nitrogens with zero attached hydrogens (tertiary/aromatic N) is 1. The summed E-state index contributed by atoms with van der Waals surface area (Å²) in [5, 5.41) is 13.9. The molecule has 8 nitrogen and oxygen atoms in total. The van der Waals surface area contributed by atoms with Gasteiger partial charge < -0.3 is 10.4 Å². The van der Waals surface area contributed by atoms with Gasteiger partial charge >= 0.3 is 12.0 Å². The molecule has 28 heavy (non-hydrogen) atoms. The molecule has 1 aliphatic rings. The standard InChI is InChI=1S/C20H17N3O5/c1-11-3-9-15(10-4-11)23-18(25)16(17(24)22-20(23)28)12(2)21-14-7-5-13(6-8-14)19(26)27/h3-10,16,21H,2H2,1H3,(H,26,27)(H,22,24,28)/t16-/m1/s1. The predicted molar refractivity (Wildman–Crippen MR) is 102 cm³/mol. The van der Waals surface area contributed by atoms with Gasteiger partial charge in [0.15, 0.2) is 5.92 Å². The minimum atomic E-state index is -1.32. The van der Waals surface area contributed by atoms with Crippen LogP contribution < -0.4 is 15.5 Å². The molecule has 0 aromatic heterocycles. The lowest BCUT2D eigenvalue weighted by Gasteiger charge is -2.31. The van der Waals surface area contributed by atoms with Gasteiger partial charge in [-0.05, 0) is 43.3 Å². The number of benzene rings is 2. The third kappa shape index (κ3) is 3.61. The van der Waals surface area contributed by atoms with Gasteiger partial charge in [0.2, 0.25) is 5.91 Å². The Morgan fingerprint density at radius 2 is 1.68 bits per heavy atom. The molecular formula is C20H17N3O5. The van der Waals surface area contributed by atoms with Crippen LogP contribution in [0, 0.1) is 12.8 Å². The number of anilines is 2. The van der Waals surface area contributed by atoms with Gasteiger partial charge in [0.1, 0.15) is 0 Å². The maximum Gasteiger partial charge on any atom is 0.335 e. The first-order valence-corrected chi connectivity index (χ1v) is 8.32. The van der Waals surface area contributed by atoms with Crippen LogP contribution in [0.15, 0.2) is 60.8 Å². The minimum Gasteiger partial charge on any atom is -0.478 e. The molecule has 0 bridgehead atoms. The fraction of sp³-hybridized carbons (Fsp3) is 0.100. The number of hydrogen-bond acceptors (Lipinski definition) is 5. The van der Waals surface area contributed by atoms with Crippen molar-refractivity contribution in [3.63, 3.8) is 0 Å². The number of aromatic carboxylic acids is 1. The van der Waals surface area contributed by atoms with Gasteiger partial charge in [-0.15, -0.1) is 0 Å². The van der Waals surface area contributed by atoms with E-state index in [1.165, 1.54) is 24.3 Å². The molecule has 1 atom stereocenters. The maximum absolute atomic E-state index is 12.9. The molecule has 3 rings (SSSR count). The zero-order valence-electron chi connectivity index (χ0n) is 14.9. The number of carbonyl (C=O) groups excluding carboxylic acids is 3. The number of barbiturate groups is 1. The number of carbonyl (C=O) groups is 4. The van der Waals surface area contributed by atoms with Gasteiger partial charge in [-0.1, -0.05) is 24.3 Å². The molecule has 1 fully saturated rings. The maximum atomic E-state index is 12.9. The molecule has 1 saturated heterocycles. The quantitative estimate of drug-likeness (QED) is 0.688. The van der Waals surface area contributed by atoms with Gasteiger partial charge in [-0.25, -0.2) is 14.5 Å². The SMILES string of the molecule is C=C(Nc1ccc(C(=O)O)cc1)[C@@H]1C(=O)NC(=O)N(c2ccc(C)cc2)C1=O. The number of imide groups is 2. The molecule has 2 aromatic rings. The fourth-order valence-corrected chi connectivity index (χ4v) is 2.77. The van der Waals surface area contributed by atoms with E-state index in [0.717, 1.165) is 10.5 Å². The van der Waals surface area contributed by atoms with Crippen molar-refractivity contribution in [1.29, 1.82) is 0 Å². The van der Waals surface area contributed by atoms with E-state index in [1.54, 1.807) is 24.3 Å². The van der Waals surface area contributed by atoms with E-state index in [4.69, 9.17) is 5.11 Å². The van der Waals surface area contributed by atoms with Crippen molar-refractivity contribution in [2.45, 2.75) is 6.92 Å². The first kappa shape index (κ1) is 18.8. The summed E-state index contributed by atoms with van der Waals surface area (Å²) in [5.41, 5.74) is 1.91. The highest BCUT2D eigenvalue weighted by Gasteiger charge is 2.42. The zero-order valence-corrected chi connectivity index (χ0v) is 14.9. The van der Waals surface area contributed by atoms with Gasteiger partial charge in [0, 0.05) is 11.4 Å². The first-order chi connectivity index (χ1) is 13.3. The molecule has 142 valence electrons. The monoisotopic (exact) mass is 379 g/mol. The van der Waals surface area contributed by atoms with Gasteiger partial charge in [0.05, 0.1) is 11.3 Å². The van der Waals surface area contributed by atoms with Crippen LogP contribution in [0.5, 0.6) is 0 Å². The van der Waals surface area contributed by atoms with E-state index < -0.39 is 29.7 Å². The highest BCUT2D eigenvalue weighted by Crippen LogP contribution is 2.25. The van der Waals surface area contributed by atoms with Gasteiger partial charge in [-0.2, -0.15) is 0 Å². The molecule has 3 N–H and O–H groups in total. The van der Waals surface area contributed by atoms with Crippen LogP contribution in [0.1, 0.15) is 15.9 Å². The number of carboxylic acids is 1. The van der Waals surface area contributed by atoms with Crippen molar-refractivity contribution in [3.05, 3.63) is 71.9 Å². The molecule has 0 radical (unpaired) electrons. The molecular weight excluding hydrogens is 362 g/mol. The number of hydrogen-bond donors (Lipinski definition) is 3. The number of carboxylic acid groups (broad SMARTS) is 1. The van der Waals surface area contributed by atoms with Crippen LogP contribution in [-0.4, -0.2) is 28.9 Å². The van der Waals surface area contributed by atoms with E-state index in [0.29, 0.717) is 11.4 Å². The summed E-state index contributed by atoms with van der Waals surface area (Å²) >= 11 is 0. The largest absolute Gasteiger partial charge is 0.478 e. The first-order valence-electron chi connectivity index (χ1n) is 8.32. The molecule has 8 heteroatoms. The van der Waals surface area contributed by atoms with E-state index in [-0.39, 0.29) is 11.3 Å². The zero-order chi connectivity index (χ0) is 20.4. The Bertz CT molecular complexity index is 980. The highest BCUT2D eigenvalue weighted by molar-refractivity contribution is 6.28. The summed E-state index contributed by atoms with van der Waals surface area (Å²) in [6.07, 6.45) is 0. The Morgan fingerprint density at radius 3 is 2.25 bits per heavy atom. The Balaban J connectivity index is 1.83.